The summed E-state index contributed by atoms with van der Waals surface area (Å²) >= 11 is 0. The predicted octanol–water partition coefficient (Wildman–Crippen LogP) is 3.62. The number of carboxylic acids is 1. The molecular formula is C13H22O2. The SMILES string of the molecule is CC(C(=O)O)=C1CCCC(C(C)C)CC1. The zero-order chi connectivity index (χ0) is 11.4. The molecule has 0 aromatic carbocycles. The molecule has 1 unspecified atom stereocenters. The lowest BCUT2D eigenvalue weighted by atomic mass is 9.89. The number of allylic oxidation sites excluding steroid dienone is 1. The number of carbonyl (C=O) groups is 1. The highest BCUT2D eigenvalue weighted by Crippen LogP contribution is 2.32. The Labute approximate surface area is 92.4 Å². The first-order valence-corrected chi connectivity index (χ1v) is 5.94. The number of hydrogen-bond donors (Lipinski definition) is 1. The fraction of sp³-hybridized carbons (Fsp3) is 0.769. The molecule has 1 aliphatic carbocycles. The van der Waals surface area contributed by atoms with Gasteiger partial charge in [0.15, 0.2) is 0 Å². The third-order valence-electron chi connectivity index (χ3n) is 3.66. The molecule has 1 saturated carbocycles. The van der Waals surface area contributed by atoms with Crippen molar-refractivity contribution < 1.29 is 9.90 Å². The maximum atomic E-state index is 10.9. The average Bonchev–Trinajstić information content (AvgIpc) is 2.41. The first-order valence-electron chi connectivity index (χ1n) is 5.94. The van der Waals surface area contributed by atoms with E-state index in [1.54, 1.807) is 6.92 Å². The van der Waals surface area contributed by atoms with Crippen LogP contribution >= 0.6 is 0 Å². The molecule has 0 aromatic rings. The van der Waals surface area contributed by atoms with Gasteiger partial charge in [-0.25, -0.2) is 4.79 Å². The molecule has 0 heterocycles. The van der Waals surface area contributed by atoms with Crippen LogP contribution in [0.1, 0.15) is 52.9 Å². The Balaban J connectivity index is 2.68. The average molecular weight is 210 g/mol. The van der Waals surface area contributed by atoms with Crippen molar-refractivity contribution >= 4 is 5.97 Å². The van der Waals surface area contributed by atoms with Crippen molar-refractivity contribution in [1.29, 1.82) is 0 Å². The van der Waals surface area contributed by atoms with Crippen LogP contribution in [-0.2, 0) is 4.79 Å². The normalized spacial score (nSPS) is 26.3. The molecule has 1 atom stereocenters. The Bertz CT molecular complexity index is 264. The Morgan fingerprint density at radius 1 is 1.33 bits per heavy atom. The summed E-state index contributed by atoms with van der Waals surface area (Å²) in [5, 5.41) is 8.94. The van der Waals surface area contributed by atoms with Gasteiger partial charge in [0.25, 0.3) is 0 Å². The van der Waals surface area contributed by atoms with Gasteiger partial charge >= 0.3 is 5.97 Å². The van der Waals surface area contributed by atoms with Gasteiger partial charge in [-0.1, -0.05) is 19.4 Å². The molecule has 1 aliphatic rings. The van der Waals surface area contributed by atoms with Crippen LogP contribution in [0.2, 0.25) is 0 Å². The molecule has 86 valence electrons. The minimum Gasteiger partial charge on any atom is -0.478 e. The van der Waals surface area contributed by atoms with E-state index in [0.29, 0.717) is 5.57 Å². The first-order chi connectivity index (χ1) is 7.02. The largest absolute Gasteiger partial charge is 0.478 e. The number of rotatable bonds is 2. The lowest BCUT2D eigenvalue weighted by Crippen LogP contribution is -2.07. The standard InChI is InChI=1S/C13H22O2/c1-9(2)11-5-4-6-12(8-7-11)10(3)13(14)15/h9,11H,4-8H2,1-3H3,(H,14,15). The summed E-state index contributed by atoms with van der Waals surface area (Å²) in [5.41, 5.74) is 1.75. The molecule has 0 aromatic heterocycles. The van der Waals surface area contributed by atoms with Gasteiger partial charge < -0.3 is 5.11 Å². The van der Waals surface area contributed by atoms with Crippen LogP contribution in [-0.4, -0.2) is 11.1 Å². The molecular weight excluding hydrogens is 188 g/mol. The zero-order valence-electron chi connectivity index (χ0n) is 10.0. The van der Waals surface area contributed by atoms with Crippen LogP contribution in [0.25, 0.3) is 0 Å². The van der Waals surface area contributed by atoms with Gasteiger partial charge in [-0.15, -0.1) is 0 Å². The van der Waals surface area contributed by atoms with Crippen LogP contribution in [0, 0.1) is 11.8 Å². The minimum atomic E-state index is -0.743. The number of hydrogen-bond acceptors (Lipinski definition) is 1. The molecule has 2 heteroatoms. The molecule has 0 bridgehead atoms. The van der Waals surface area contributed by atoms with Gasteiger partial charge in [-0.05, 0) is 50.9 Å². The second-order valence-electron chi connectivity index (χ2n) is 4.97. The quantitative estimate of drug-likeness (QED) is 0.558. The van der Waals surface area contributed by atoms with Gasteiger partial charge in [-0.2, -0.15) is 0 Å². The Morgan fingerprint density at radius 3 is 2.53 bits per heavy atom. The molecule has 0 radical (unpaired) electrons. The molecule has 0 aliphatic heterocycles. The van der Waals surface area contributed by atoms with E-state index >= 15 is 0 Å². The monoisotopic (exact) mass is 210 g/mol. The van der Waals surface area contributed by atoms with Gasteiger partial charge in [0, 0.05) is 5.57 Å². The molecule has 15 heavy (non-hydrogen) atoms. The van der Waals surface area contributed by atoms with E-state index in [-0.39, 0.29) is 0 Å². The van der Waals surface area contributed by atoms with Crippen LogP contribution < -0.4 is 0 Å². The van der Waals surface area contributed by atoms with Crippen LogP contribution in [0.3, 0.4) is 0 Å². The molecule has 2 nitrogen and oxygen atoms in total. The fourth-order valence-electron chi connectivity index (χ4n) is 2.40. The molecule has 1 N–H and O–H groups in total. The van der Waals surface area contributed by atoms with E-state index in [2.05, 4.69) is 13.8 Å². The van der Waals surface area contributed by atoms with Crippen LogP contribution in [0.5, 0.6) is 0 Å². The minimum absolute atomic E-state index is 0.583. The van der Waals surface area contributed by atoms with Crippen molar-refractivity contribution in [3.63, 3.8) is 0 Å². The fourth-order valence-corrected chi connectivity index (χ4v) is 2.40. The van der Waals surface area contributed by atoms with Gasteiger partial charge in [0.05, 0.1) is 0 Å². The van der Waals surface area contributed by atoms with E-state index in [1.807, 2.05) is 0 Å². The van der Waals surface area contributed by atoms with Gasteiger partial charge in [0.1, 0.15) is 0 Å². The highest BCUT2D eigenvalue weighted by molar-refractivity contribution is 5.86. The second kappa shape index (κ2) is 5.34. The lowest BCUT2D eigenvalue weighted by molar-refractivity contribution is -0.132. The number of carboxylic acid groups (broad SMARTS) is 1. The predicted molar refractivity (Wildman–Crippen MR) is 61.7 cm³/mol. The van der Waals surface area contributed by atoms with Crippen molar-refractivity contribution in [3.8, 4) is 0 Å². The van der Waals surface area contributed by atoms with Crippen molar-refractivity contribution in [2.75, 3.05) is 0 Å². The summed E-state index contributed by atoms with van der Waals surface area (Å²) in [7, 11) is 0. The van der Waals surface area contributed by atoms with Crippen molar-refractivity contribution in [1.82, 2.24) is 0 Å². The van der Waals surface area contributed by atoms with E-state index in [4.69, 9.17) is 5.11 Å². The van der Waals surface area contributed by atoms with E-state index in [1.165, 1.54) is 12.0 Å². The van der Waals surface area contributed by atoms with Crippen LogP contribution in [0.4, 0.5) is 0 Å². The summed E-state index contributed by atoms with van der Waals surface area (Å²) in [4.78, 5) is 10.9. The summed E-state index contributed by atoms with van der Waals surface area (Å²) in [6, 6.07) is 0. The number of aliphatic carboxylic acids is 1. The summed E-state index contributed by atoms with van der Waals surface area (Å²) in [5.74, 6) is 0.770. The summed E-state index contributed by atoms with van der Waals surface area (Å²) in [6.45, 7) is 6.28. The van der Waals surface area contributed by atoms with Crippen molar-refractivity contribution in [2.24, 2.45) is 11.8 Å². The van der Waals surface area contributed by atoms with Crippen molar-refractivity contribution in [3.05, 3.63) is 11.1 Å². The molecule has 1 fully saturated rings. The first kappa shape index (κ1) is 12.3. The Kier molecular flexibility index (Phi) is 4.37. The maximum absolute atomic E-state index is 10.9. The highest BCUT2D eigenvalue weighted by atomic mass is 16.4. The maximum Gasteiger partial charge on any atom is 0.331 e. The summed E-state index contributed by atoms with van der Waals surface area (Å²) < 4.78 is 0. The van der Waals surface area contributed by atoms with E-state index in [9.17, 15) is 4.79 Å². The smallest absolute Gasteiger partial charge is 0.331 e. The third-order valence-corrected chi connectivity index (χ3v) is 3.66. The molecule has 0 spiro atoms. The summed E-state index contributed by atoms with van der Waals surface area (Å²) in [6.07, 6.45) is 5.55. The van der Waals surface area contributed by atoms with Crippen molar-refractivity contribution in [2.45, 2.75) is 52.9 Å². The zero-order valence-corrected chi connectivity index (χ0v) is 10.0. The lowest BCUT2D eigenvalue weighted by Gasteiger charge is -2.17. The highest BCUT2D eigenvalue weighted by Gasteiger charge is 2.19. The molecule has 0 saturated heterocycles. The molecule has 1 rings (SSSR count). The molecule has 0 amide bonds. The van der Waals surface area contributed by atoms with Crippen LogP contribution in [0.15, 0.2) is 11.1 Å². The topological polar surface area (TPSA) is 37.3 Å². The third kappa shape index (κ3) is 3.37. The van der Waals surface area contributed by atoms with Gasteiger partial charge in [-0.3, -0.25) is 0 Å². The van der Waals surface area contributed by atoms with E-state index in [0.717, 1.165) is 37.5 Å². The second-order valence-corrected chi connectivity index (χ2v) is 4.97. The van der Waals surface area contributed by atoms with Gasteiger partial charge in [0.2, 0.25) is 0 Å². The Morgan fingerprint density at radius 2 is 2.00 bits per heavy atom. The Hall–Kier alpha value is -0.790. The van der Waals surface area contributed by atoms with E-state index < -0.39 is 5.97 Å².